The number of hydrogen-bond acceptors (Lipinski definition) is 9. The topological polar surface area (TPSA) is 174 Å². The van der Waals surface area contributed by atoms with E-state index in [9.17, 15) is 24.0 Å². The molecule has 4 N–H and O–H groups in total. The van der Waals surface area contributed by atoms with Crippen molar-refractivity contribution in [3.63, 3.8) is 0 Å². The van der Waals surface area contributed by atoms with Gasteiger partial charge in [-0.3, -0.25) is 20.2 Å². The second-order valence-corrected chi connectivity index (χ2v) is 12.2. The number of rotatable bonds is 6. The number of hydrogen-bond donors (Lipinski definition) is 4. The van der Waals surface area contributed by atoms with Crippen molar-refractivity contribution >= 4 is 64.8 Å². The van der Waals surface area contributed by atoms with Crippen LogP contribution in [0.25, 0.3) is 0 Å². The molecule has 2 aromatic carbocycles. The molecule has 0 bridgehead atoms. The zero-order chi connectivity index (χ0) is 33.5. The Hall–Kier alpha value is -4.36. The van der Waals surface area contributed by atoms with Gasteiger partial charge in [0.1, 0.15) is 11.2 Å². The second-order valence-electron chi connectivity index (χ2n) is 11.4. The molecule has 0 aliphatic rings. The van der Waals surface area contributed by atoms with Gasteiger partial charge in [-0.2, -0.15) is 0 Å². The Bertz CT molecular complexity index is 1410. The number of ether oxygens (including phenoxy) is 3. The van der Waals surface area contributed by atoms with Crippen molar-refractivity contribution in [2.45, 2.75) is 65.3 Å². The molecule has 1 unspecified atom stereocenters. The lowest BCUT2D eigenvalue weighted by Gasteiger charge is -2.29. The maximum Gasteiger partial charge on any atom is 0.414 e. The number of esters is 1. The van der Waals surface area contributed by atoms with Crippen LogP contribution in [0.4, 0.5) is 15.3 Å². The molecule has 0 aromatic heterocycles. The number of carbonyl (C=O) groups excluding carboxylic acids is 5. The molecule has 0 fully saturated rings. The second kappa shape index (κ2) is 14.4. The van der Waals surface area contributed by atoms with E-state index in [-0.39, 0.29) is 32.8 Å². The minimum Gasteiger partial charge on any atom is -0.466 e. The summed E-state index contributed by atoms with van der Waals surface area (Å²) in [5, 5.41) is 9.57. The molecule has 13 nitrogen and oxygen atoms in total. The van der Waals surface area contributed by atoms with Crippen molar-refractivity contribution in [2.75, 3.05) is 7.11 Å². The minimum absolute atomic E-state index is 0.0136. The standard InChI is InChI=1S/C29H35Cl2N5O8/c1-27(2,3)43-25(40)33-24(34-26(41)44-28(4,5)6)32-17-12-9-11-16(15-17)21(37)35-29(7,23(39)42-8)36-22(38)20-18(30)13-10-14-19(20)31/h9-15H,1-8H3,(H,35,37)(H,36,38)(H2,32,33,34,40,41). The molecular weight excluding hydrogens is 617 g/mol. The molecule has 0 spiro atoms. The van der Waals surface area contributed by atoms with Gasteiger partial charge in [-0.05, 0) is 78.8 Å². The number of aliphatic imine (C=N–C) groups is 1. The molecule has 2 rings (SSSR count). The first-order valence-corrected chi connectivity index (χ1v) is 13.8. The van der Waals surface area contributed by atoms with E-state index in [1.54, 1.807) is 41.5 Å². The first kappa shape index (κ1) is 35.8. The minimum atomic E-state index is -2.06. The van der Waals surface area contributed by atoms with Crippen LogP contribution in [0.1, 0.15) is 69.2 Å². The molecule has 0 saturated carbocycles. The molecule has 0 aliphatic heterocycles. The highest BCUT2D eigenvalue weighted by Crippen LogP contribution is 2.25. The average Bonchev–Trinajstić information content (AvgIpc) is 2.85. The maximum absolute atomic E-state index is 13.3. The van der Waals surface area contributed by atoms with Crippen molar-refractivity contribution in [3.05, 3.63) is 63.6 Å². The molecule has 0 saturated heterocycles. The lowest BCUT2D eigenvalue weighted by molar-refractivity contribution is -0.148. The number of amides is 4. The van der Waals surface area contributed by atoms with E-state index in [2.05, 4.69) is 26.3 Å². The summed E-state index contributed by atoms with van der Waals surface area (Å²) < 4.78 is 15.3. The summed E-state index contributed by atoms with van der Waals surface area (Å²) in [5.41, 5.74) is -3.78. The van der Waals surface area contributed by atoms with Crippen molar-refractivity contribution < 1.29 is 38.2 Å². The Morgan fingerprint density at radius 1 is 0.727 bits per heavy atom. The van der Waals surface area contributed by atoms with Gasteiger partial charge in [-0.25, -0.2) is 19.4 Å². The van der Waals surface area contributed by atoms with Crippen molar-refractivity contribution in [1.29, 1.82) is 0 Å². The summed E-state index contributed by atoms with van der Waals surface area (Å²) in [6.45, 7) is 11.1. The van der Waals surface area contributed by atoms with E-state index in [4.69, 9.17) is 37.4 Å². The van der Waals surface area contributed by atoms with Gasteiger partial charge in [-0.1, -0.05) is 35.3 Å². The van der Waals surface area contributed by atoms with Gasteiger partial charge >= 0.3 is 18.2 Å². The molecule has 1 atom stereocenters. The zero-order valence-corrected chi connectivity index (χ0v) is 27.0. The van der Waals surface area contributed by atoms with Gasteiger partial charge < -0.3 is 24.8 Å². The van der Waals surface area contributed by atoms with E-state index >= 15 is 0 Å². The fourth-order valence-electron chi connectivity index (χ4n) is 3.37. The van der Waals surface area contributed by atoms with Crippen LogP contribution >= 0.6 is 23.2 Å². The van der Waals surface area contributed by atoms with E-state index in [1.165, 1.54) is 49.4 Å². The number of alkyl carbamates (subject to hydrolysis) is 2. The Morgan fingerprint density at radius 2 is 1.20 bits per heavy atom. The molecular formula is C29H35Cl2N5O8. The first-order chi connectivity index (χ1) is 20.2. The van der Waals surface area contributed by atoms with Crippen LogP contribution < -0.4 is 21.3 Å². The Balaban J connectivity index is 2.39. The lowest BCUT2D eigenvalue weighted by Crippen LogP contribution is -2.64. The van der Waals surface area contributed by atoms with Gasteiger partial charge in [0.2, 0.25) is 11.6 Å². The molecule has 0 aliphatic carbocycles. The van der Waals surface area contributed by atoms with E-state index in [0.29, 0.717) is 0 Å². The van der Waals surface area contributed by atoms with Gasteiger partial charge in [-0.15, -0.1) is 0 Å². The smallest absolute Gasteiger partial charge is 0.414 e. The van der Waals surface area contributed by atoms with Crippen LogP contribution in [0.3, 0.4) is 0 Å². The van der Waals surface area contributed by atoms with Crippen LogP contribution in [-0.2, 0) is 19.0 Å². The third kappa shape index (κ3) is 11.0. The number of methoxy groups -OCH3 is 1. The monoisotopic (exact) mass is 651 g/mol. The zero-order valence-electron chi connectivity index (χ0n) is 25.5. The Kier molecular flexibility index (Phi) is 11.7. The summed E-state index contributed by atoms with van der Waals surface area (Å²) in [7, 11) is 1.08. The summed E-state index contributed by atoms with van der Waals surface area (Å²) in [5.74, 6) is -3.02. The highest BCUT2D eigenvalue weighted by atomic mass is 35.5. The molecule has 44 heavy (non-hydrogen) atoms. The third-order valence-electron chi connectivity index (χ3n) is 5.10. The number of nitrogens with zero attached hydrogens (tertiary/aromatic N) is 1. The molecule has 238 valence electrons. The van der Waals surface area contributed by atoms with Gasteiger partial charge in [0.15, 0.2) is 0 Å². The average molecular weight is 653 g/mol. The Labute approximate surface area is 265 Å². The largest absolute Gasteiger partial charge is 0.466 e. The molecule has 15 heteroatoms. The number of carbonyl (C=O) groups is 5. The van der Waals surface area contributed by atoms with E-state index in [1.807, 2.05) is 0 Å². The fourth-order valence-corrected chi connectivity index (χ4v) is 3.94. The van der Waals surface area contributed by atoms with Crippen molar-refractivity contribution in [2.24, 2.45) is 4.99 Å². The summed E-state index contributed by atoms with van der Waals surface area (Å²) >= 11 is 12.2. The number of halogens is 2. The molecule has 4 amide bonds. The van der Waals surface area contributed by atoms with Crippen LogP contribution in [0.15, 0.2) is 47.5 Å². The van der Waals surface area contributed by atoms with E-state index in [0.717, 1.165) is 7.11 Å². The van der Waals surface area contributed by atoms with Gasteiger partial charge in [0, 0.05) is 5.56 Å². The summed E-state index contributed by atoms with van der Waals surface area (Å²) in [6.07, 6.45) is -1.83. The maximum atomic E-state index is 13.3. The molecule has 0 radical (unpaired) electrons. The van der Waals surface area contributed by atoms with Crippen molar-refractivity contribution in [1.82, 2.24) is 21.3 Å². The fraction of sp³-hybridized carbons (Fsp3) is 0.379. The van der Waals surface area contributed by atoms with Crippen LogP contribution in [0, 0.1) is 0 Å². The SMILES string of the molecule is COC(=O)C(C)(NC(=O)c1cccc(N=C(NC(=O)OC(C)(C)C)NC(=O)OC(C)(C)C)c1)NC(=O)c1c(Cl)cccc1Cl. The quantitative estimate of drug-likeness (QED) is 0.110. The third-order valence-corrected chi connectivity index (χ3v) is 5.73. The van der Waals surface area contributed by atoms with Crippen LogP contribution in [-0.4, -0.2) is 59.9 Å². The van der Waals surface area contributed by atoms with Gasteiger partial charge in [0.05, 0.1) is 28.4 Å². The first-order valence-electron chi connectivity index (χ1n) is 13.1. The predicted octanol–water partition coefficient (Wildman–Crippen LogP) is 5.08. The lowest BCUT2D eigenvalue weighted by atomic mass is 10.1. The summed E-state index contributed by atoms with van der Waals surface area (Å²) in [6, 6.07) is 10.1. The highest BCUT2D eigenvalue weighted by molar-refractivity contribution is 6.39. The molecule has 0 heterocycles. The van der Waals surface area contributed by atoms with Crippen LogP contribution in [0.5, 0.6) is 0 Å². The van der Waals surface area contributed by atoms with E-state index < -0.39 is 46.8 Å². The number of benzene rings is 2. The molecule has 2 aromatic rings. The van der Waals surface area contributed by atoms with Crippen molar-refractivity contribution in [3.8, 4) is 0 Å². The number of guanidine groups is 1. The normalized spacial score (nSPS) is 12.5. The Morgan fingerprint density at radius 3 is 1.68 bits per heavy atom. The van der Waals surface area contributed by atoms with Gasteiger partial charge in [0.25, 0.3) is 11.8 Å². The number of nitrogens with one attached hydrogen (secondary N) is 4. The highest BCUT2D eigenvalue weighted by Gasteiger charge is 2.39. The van der Waals surface area contributed by atoms with Crippen LogP contribution in [0.2, 0.25) is 10.0 Å². The predicted molar refractivity (Wildman–Crippen MR) is 164 cm³/mol. The summed E-state index contributed by atoms with van der Waals surface area (Å²) in [4.78, 5) is 68.1.